The molecule has 0 spiro atoms. The van der Waals surface area contributed by atoms with Crippen LogP contribution in [0.1, 0.15) is 35.9 Å². The van der Waals surface area contributed by atoms with Gasteiger partial charge in [0.25, 0.3) is 11.5 Å². The first kappa shape index (κ1) is 21.0. The van der Waals surface area contributed by atoms with Crippen molar-refractivity contribution in [3.8, 4) is 0 Å². The molecule has 2 heterocycles. The Morgan fingerprint density at radius 2 is 2.03 bits per heavy atom. The molecule has 0 radical (unpaired) electrons. The Morgan fingerprint density at radius 1 is 1.27 bits per heavy atom. The van der Waals surface area contributed by atoms with E-state index in [-0.39, 0.29) is 30.4 Å². The van der Waals surface area contributed by atoms with Crippen LogP contribution in [0.3, 0.4) is 0 Å². The summed E-state index contributed by atoms with van der Waals surface area (Å²) in [5.41, 5.74) is 3.69. The number of unbranched alkanes of at least 4 members (excludes halogenated alkanes) is 1. The fourth-order valence-corrected chi connectivity index (χ4v) is 3.00. The molecule has 10 heteroatoms. The summed E-state index contributed by atoms with van der Waals surface area (Å²) in [6, 6.07) is 5.59. The first-order chi connectivity index (χ1) is 14.3. The summed E-state index contributed by atoms with van der Waals surface area (Å²) >= 11 is 0. The van der Waals surface area contributed by atoms with Crippen molar-refractivity contribution in [3.63, 3.8) is 0 Å². The fourth-order valence-electron chi connectivity index (χ4n) is 3.00. The number of nitrogen functional groups attached to an aromatic ring is 1. The van der Waals surface area contributed by atoms with Crippen LogP contribution < -0.4 is 21.9 Å². The molecule has 0 unspecified atom stereocenters. The first-order valence-electron chi connectivity index (χ1n) is 9.25. The van der Waals surface area contributed by atoms with Gasteiger partial charge in [-0.2, -0.15) is 0 Å². The number of rotatable bonds is 7. The van der Waals surface area contributed by atoms with E-state index in [0.717, 1.165) is 28.0 Å². The highest BCUT2D eigenvalue weighted by Crippen LogP contribution is 2.23. The third-order valence-electron chi connectivity index (χ3n) is 4.52. The monoisotopic (exact) mass is 418 g/mol. The van der Waals surface area contributed by atoms with Crippen molar-refractivity contribution in [3.05, 3.63) is 80.4 Å². The molecular formula is C20H20F2N4O4. The van der Waals surface area contributed by atoms with E-state index in [1.807, 2.05) is 6.92 Å². The summed E-state index contributed by atoms with van der Waals surface area (Å²) < 4.78 is 34.0. The Bertz CT molecular complexity index is 1170. The summed E-state index contributed by atoms with van der Waals surface area (Å²) in [7, 11) is 0. The lowest BCUT2D eigenvalue weighted by Gasteiger charge is -2.24. The van der Waals surface area contributed by atoms with Gasteiger partial charge in [0.05, 0.1) is 18.4 Å². The van der Waals surface area contributed by atoms with Crippen LogP contribution in [0.4, 0.5) is 20.3 Å². The highest BCUT2D eigenvalue weighted by molar-refractivity contribution is 6.07. The number of nitrogens with two attached hydrogens (primary N) is 1. The van der Waals surface area contributed by atoms with Crippen molar-refractivity contribution in [1.82, 2.24) is 9.55 Å². The standard InChI is InChI=1S/C20H20F2N4O4/c1-2-3-8-25-17(23)16(18(27)24-20(25)29)26(11-13-5-4-9-30-13)19(28)14-7-6-12(21)10-15(14)22/h4-7,9-10H,2-3,8,11,23H2,1H3,(H,24,27,29). The van der Waals surface area contributed by atoms with E-state index in [2.05, 4.69) is 4.98 Å². The molecular weight excluding hydrogens is 398 g/mol. The largest absolute Gasteiger partial charge is 0.467 e. The van der Waals surface area contributed by atoms with Gasteiger partial charge in [0, 0.05) is 12.6 Å². The van der Waals surface area contributed by atoms with E-state index in [1.165, 1.54) is 6.26 Å². The summed E-state index contributed by atoms with van der Waals surface area (Å²) in [4.78, 5) is 41.0. The maximum absolute atomic E-state index is 14.3. The number of anilines is 2. The third-order valence-corrected chi connectivity index (χ3v) is 4.52. The summed E-state index contributed by atoms with van der Waals surface area (Å²) in [6.45, 7) is 1.87. The van der Waals surface area contributed by atoms with Gasteiger partial charge < -0.3 is 10.2 Å². The minimum Gasteiger partial charge on any atom is -0.467 e. The second-order valence-electron chi connectivity index (χ2n) is 6.59. The normalized spacial score (nSPS) is 10.9. The van der Waals surface area contributed by atoms with Crippen LogP contribution in [0.2, 0.25) is 0 Å². The molecule has 158 valence electrons. The smallest absolute Gasteiger partial charge is 0.330 e. The van der Waals surface area contributed by atoms with E-state index < -0.39 is 34.4 Å². The second kappa shape index (κ2) is 8.76. The molecule has 0 bridgehead atoms. The van der Waals surface area contributed by atoms with Crippen molar-refractivity contribution >= 4 is 17.4 Å². The SMILES string of the molecule is CCCCn1c(N)c(N(Cc2ccco2)C(=O)c2ccc(F)cc2F)c(=O)[nH]c1=O. The number of hydrogen-bond donors (Lipinski definition) is 2. The van der Waals surface area contributed by atoms with Gasteiger partial charge in [0.1, 0.15) is 23.2 Å². The number of H-pyrrole nitrogens is 1. The quantitative estimate of drug-likeness (QED) is 0.612. The molecule has 0 aliphatic heterocycles. The Kier molecular flexibility index (Phi) is 6.14. The fraction of sp³-hybridized carbons (Fsp3) is 0.250. The number of aromatic amines is 1. The molecule has 30 heavy (non-hydrogen) atoms. The zero-order valence-electron chi connectivity index (χ0n) is 16.2. The van der Waals surface area contributed by atoms with Crippen LogP contribution in [0.25, 0.3) is 0 Å². The number of hydrogen-bond acceptors (Lipinski definition) is 5. The second-order valence-corrected chi connectivity index (χ2v) is 6.59. The number of benzene rings is 1. The van der Waals surface area contributed by atoms with Crippen LogP contribution in [-0.2, 0) is 13.1 Å². The van der Waals surface area contributed by atoms with Gasteiger partial charge >= 0.3 is 5.69 Å². The van der Waals surface area contributed by atoms with E-state index in [0.29, 0.717) is 12.5 Å². The number of halogens is 2. The number of carbonyl (C=O) groups excluding carboxylic acids is 1. The molecule has 3 rings (SSSR count). The maximum atomic E-state index is 14.3. The van der Waals surface area contributed by atoms with Crippen molar-refractivity contribution < 1.29 is 18.0 Å². The molecule has 2 aromatic heterocycles. The Hall–Kier alpha value is -3.69. The van der Waals surface area contributed by atoms with E-state index in [4.69, 9.17) is 10.2 Å². The maximum Gasteiger partial charge on any atom is 0.330 e. The molecule has 0 atom stereocenters. The molecule has 0 saturated carbocycles. The number of aromatic nitrogens is 2. The van der Waals surface area contributed by atoms with E-state index in [1.54, 1.807) is 12.1 Å². The Labute approximate surface area is 169 Å². The Morgan fingerprint density at radius 3 is 2.67 bits per heavy atom. The summed E-state index contributed by atoms with van der Waals surface area (Å²) in [6.07, 6.45) is 2.73. The van der Waals surface area contributed by atoms with Gasteiger partial charge in [0.15, 0.2) is 5.69 Å². The first-order valence-corrected chi connectivity index (χ1v) is 9.25. The molecule has 8 nitrogen and oxygen atoms in total. The zero-order chi connectivity index (χ0) is 21.8. The van der Waals surface area contributed by atoms with Gasteiger partial charge in [-0.3, -0.25) is 24.0 Å². The number of nitrogens with one attached hydrogen (secondary N) is 1. The van der Waals surface area contributed by atoms with E-state index in [9.17, 15) is 23.2 Å². The lowest BCUT2D eigenvalue weighted by Crippen LogP contribution is -2.41. The minimum absolute atomic E-state index is 0.221. The summed E-state index contributed by atoms with van der Waals surface area (Å²) in [5, 5.41) is 0. The molecule has 0 aliphatic carbocycles. The van der Waals surface area contributed by atoms with Crippen LogP contribution in [0, 0.1) is 11.6 Å². The average Bonchev–Trinajstić information content (AvgIpc) is 3.19. The van der Waals surface area contributed by atoms with Gasteiger partial charge in [-0.25, -0.2) is 13.6 Å². The van der Waals surface area contributed by atoms with Crippen LogP contribution in [0.5, 0.6) is 0 Å². The lowest BCUT2D eigenvalue weighted by atomic mass is 10.1. The topological polar surface area (TPSA) is 114 Å². The predicted octanol–water partition coefficient (Wildman–Crippen LogP) is 2.64. The highest BCUT2D eigenvalue weighted by Gasteiger charge is 2.28. The van der Waals surface area contributed by atoms with Gasteiger partial charge in [-0.1, -0.05) is 13.3 Å². The molecule has 3 aromatic rings. The molecule has 0 saturated heterocycles. The van der Waals surface area contributed by atoms with E-state index >= 15 is 0 Å². The van der Waals surface area contributed by atoms with Crippen molar-refractivity contribution in [2.45, 2.75) is 32.9 Å². The molecule has 0 fully saturated rings. The predicted molar refractivity (Wildman–Crippen MR) is 106 cm³/mol. The van der Waals surface area contributed by atoms with Crippen molar-refractivity contribution in [2.75, 3.05) is 10.6 Å². The molecule has 1 aromatic carbocycles. The average molecular weight is 418 g/mol. The van der Waals surface area contributed by atoms with Gasteiger partial charge in [-0.15, -0.1) is 0 Å². The molecule has 3 N–H and O–H groups in total. The van der Waals surface area contributed by atoms with Gasteiger partial charge in [-0.05, 0) is 30.7 Å². The zero-order valence-corrected chi connectivity index (χ0v) is 16.2. The number of amides is 1. The number of carbonyl (C=O) groups is 1. The van der Waals surface area contributed by atoms with Crippen LogP contribution in [-0.4, -0.2) is 15.5 Å². The third kappa shape index (κ3) is 4.17. The lowest BCUT2D eigenvalue weighted by molar-refractivity contribution is 0.0979. The van der Waals surface area contributed by atoms with Crippen LogP contribution >= 0.6 is 0 Å². The number of nitrogens with zero attached hydrogens (tertiary/aromatic N) is 2. The van der Waals surface area contributed by atoms with Gasteiger partial charge in [0.2, 0.25) is 0 Å². The van der Waals surface area contributed by atoms with Crippen molar-refractivity contribution in [2.24, 2.45) is 0 Å². The molecule has 1 amide bonds. The number of furan rings is 1. The Balaban J connectivity index is 2.17. The summed E-state index contributed by atoms with van der Waals surface area (Å²) in [5.74, 6) is -2.84. The molecule has 0 aliphatic rings. The minimum atomic E-state index is -1.10. The van der Waals surface area contributed by atoms with Crippen LogP contribution in [0.15, 0.2) is 50.6 Å². The highest BCUT2D eigenvalue weighted by atomic mass is 19.1. The van der Waals surface area contributed by atoms with Crippen molar-refractivity contribution in [1.29, 1.82) is 0 Å².